The maximum Gasteiger partial charge on any atom is 0.255 e. The van der Waals surface area contributed by atoms with Gasteiger partial charge in [0.1, 0.15) is 11.6 Å². The molecule has 5 rings (SSSR count). The molecule has 1 aliphatic heterocycles. The smallest absolute Gasteiger partial charge is 0.255 e. The maximum absolute atomic E-state index is 12.8. The van der Waals surface area contributed by atoms with Crippen LogP contribution in [-0.2, 0) is 0 Å². The third-order valence-electron chi connectivity index (χ3n) is 5.13. The average Bonchev–Trinajstić information content (AvgIpc) is 3.54. The molecule has 0 radical (unpaired) electrons. The van der Waals surface area contributed by atoms with Crippen LogP contribution in [0.1, 0.15) is 23.2 Å². The van der Waals surface area contributed by atoms with Crippen molar-refractivity contribution < 1.29 is 4.79 Å². The third-order valence-corrected chi connectivity index (χ3v) is 6.35. The predicted octanol–water partition coefficient (Wildman–Crippen LogP) is 3.25. The average molecular weight is 440 g/mol. The normalized spacial score (nSPS) is 16.8. The number of nitrogens with zero attached hydrogens (tertiary/aromatic N) is 4. The summed E-state index contributed by atoms with van der Waals surface area (Å²) in [5.41, 5.74) is 2.20. The molecule has 10 heteroatoms. The van der Waals surface area contributed by atoms with E-state index in [-0.39, 0.29) is 11.9 Å². The standard InChI is InChI=1S/C20H21N7OS2/c28-20(24-14-10-27(11-14)30-29)15-9-22-19(7-17(15)23-13-2-3-13)26-18-4-1-12-8-21-6-5-16(12)25-18/h1,4-9,13-14,29H,2-3,10-11H2,(H,24,28)(H2,22,23,25,26). The van der Waals surface area contributed by atoms with Crippen LogP contribution in [-0.4, -0.2) is 50.3 Å². The van der Waals surface area contributed by atoms with Gasteiger partial charge in [0.05, 0.1) is 22.8 Å². The molecule has 2 fully saturated rings. The Morgan fingerprint density at radius 2 is 2.00 bits per heavy atom. The number of hydrogen-bond acceptors (Lipinski definition) is 9. The van der Waals surface area contributed by atoms with Crippen molar-refractivity contribution >= 4 is 56.8 Å². The van der Waals surface area contributed by atoms with Crippen molar-refractivity contribution in [2.24, 2.45) is 0 Å². The van der Waals surface area contributed by atoms with Crippen molar-refractivity contribution in [1.82, 2.24) is 24.6 Å². The van der Waals surface area contributed by atoms with Crippen molar-refractivity contribution in [3.05, 3.63) is 48.4 Å². The highest BCUT2D eigenvalue weighted by atomic mass is 33.1. The van der Waals surface area contributed by atoms with Gasteiger partial charge in [-0.2, -0.15) is 0 Å². The van der Waals surface area contributed by atoms with Gasteiger partial charge in [0.15, 0.2) is 0 Å². The zero-order valence-electron chi connectivity index (χ0n) is 16.1. The topological polar surface area (TPSA) is 95.1 Å². The SMILES string of the molecule is O=C(NC1CN(SS)C1)c1cnc(Nc2ccc3cnccc3n2)cc1NC1CC1. The lowest BCUT2D eigenvalue weighted by Crippen LogP contribution is -2.56. The van der Waals surface area contributed by atoms with Crippen LogP contribution in [0.5, 0.6) is 0 Å². The van der Waals surface area contributed by atoms with Crippen molar-refractivity contribution in [3.8, 4) is 0 Å². The van der Waals surface area contributed by atoms with Crippen LogP contribution < -0.4 is 16.0 Å². The summed E-state index contributed by atoms with van der Waals surface area (Å²) in [6.07, 6.45) is 7.36. The second kappa shape index (κ2) is 8.29. The lowest BCUT2D eigenvalue weighted by atomic mass is 10.1. The predicted molar refractivity (Wildman–Crippen MR) is 123 cm³/mol. The fourth-order valence-electron chi connectivity index (χ4n) is 3.30. The quantitative estimate of drug-likeness (QED) is 0.253. The van der Waals surface area contributed by atoms with Gasteiger partial charge in [-0.15, -0.1) is 0 Å². The van der Waals surface area contributed by atoms with Crippen LogP contribution in [0.25, 0.3) is 10.9 Å². The molecular weight excluding hydrogens is 418 g/mol. The number of thiol groups is 1. The van der Waals surface area contributed by atoms with Crippen molar-refractivity contribution in [2.45, 2.75) is 24.9 Å². The number of carbonyl (C=O) groups excluding carboxylic acids is 1. The second-order valence-electron chi connectivity index (χ2n) is 7.52. The lowest BCUT2D eigenvalue weighted by Gasteiger charge is -2.37. The number of anilines is 3. The number of fused-ring (bicyclic) bond motifs is 1. The van der Waals surface area contributed by atoms with E-state index in [1.54, 1.807) is 18.6 Å². The fourth-order valence-corrected chi connectivity index (χ4v) is 4.19. The fraction of sp³-hybridized carbons (Fsp3) is 0.300. The number of nitrogens with one attached hydrogen (secondary N) is 3. The van der Waals surface area contributed by atoms with Gasteiger partial charge in [0.2, 0.25) is 0 Å². The molecule has 2 aliphatic rings. The largest absolute Gasteiger partial charge is 0.382 e. The highest BCUT2D eigenvalue weighted by Gasteiger charge is 2.29. The maximum atomic E-state index is 12.8. The number of aromatic nitrogens is 3. The Kier molecular flexibility index (Phi) is 5.36. The van der Waals surface area contributed by atoms with Gasteiger partial charge >= 0.3 is 0 Å². The van der Waals surface area contributed by atoms with E-state index in [1.165, 1.54) is 11.0 Å². The van der Waals surface area contributed by atoms with Crippen molar-refractivity contribution in [3.63, 3.8) is 0 Å². The minimum atomic E-state index is -0.109. The first-order valence-electron chi connectivity index (χ1n) is 9.79. The molecule has 3 aromatic rings. The molecule has 4 heterocycles. The molecule has 1 amide bonds. The zero-order chi connectivity index (χ0) is 20.5. The van der Waals surface area contributed by atoms with Gasteiger partial charge in [0.25, 0.3) is 5.91 Å². The molecule has 154 valence electrons. The van der Waals surface area contributed by atoms with Crippen molar-refractivity contribution in [2.75, 3.05) is 23.7 Å². The Morgan fingerprint density at radius 3 is 2.80 bits per heavy atom. The van der Waals surface area contributed by atoms with Gasteiger partial charge in [-0.05, 0) is 42.0 Å². The number of hydrogen-bond donors (Lipinski definition) is 4. The minimum Gasteiger partial charge on any atom is -0.382 e. The number of rotatable bonds is 7. The van der Waals surface area contributed by atoms with Crippen LogP contribution in [0.4, 0.5) is 17.3 Å². The number of amides is 1. The molecule has 8 nitrogen and oxygen atoms in total. The Balaban J connectivity index is 1.34. The van der Waals surface area contributed by atoms with Gasteiger partial charge in [-0.1, -0.05) is 11.7 Å². The lowest BCUT2D eigenvalue weighted by molar-refractivity contribution is 0.0902. The van der Waals surface area contributed by atoms with Crippen LogP contribution in [0.2, 0.25) is 0 Å². The molecule has 1 saturated heterocycles. The summed E-state index contributed by atoms with van der Waals surface area (Å²) in [6.45, 7) is 1.59. The zero-order valence-corrected chi connectivity index (χ0v) is 17.8. The van der Waals surface area contributed by atoms with Crippen LogP contribution in [0.3, 0.4) is 0 Å². The second-order valence-corrected chi connectivity index (χ2v) is 8.69. The van der Waals surface area contributed by atoms with E-state index in [4.69, 9.17) is 0 Å². The van der Waals surface area contributed by atoms with Crippen LogP contribution in [0.15, 0.2) is 42.9 Å². The monoisotopic (exact) mass is 439 g/mol. The Labute approximate surface area is 183 Å². The molecule has 1 aliphatic carbocycles. The number of pyridine rings is 3. The summed E-state index contributed by atoms with van der Waals surface area (Å²) in [4.78, 5) is 26.0. The Bertz CT molecular complexity index is 1090. The van der Waals surface area contributed by atoms with E-state index in [9.17, 15) is 4.79 Å². The van der Waals surface area contributed by atoms with Gasteiger partial charge in [-0.25, -0.2) is 14.3 Å². The molecule has 1 saturated carbocycles. The molecule has 0 spiro atoms. The first-order chi connectivity index (χ1) is 14.7. The molecule has 30 heavy (non-hydrogen) atoms. The van der Waals surface area contributed by atoms with Crippen LogP contribution >= 0.6 is 22.6 Å². The van der Waals surface area contributed by atoms with E-state index < -0.39 is 0 Å². The summed E-state index contributed by atoms with van der Waals surface area (Å²) >= 11 is 4.18. The summed E-state index contributed by atoms with van der Waals surface area (Å²) in [5.74, 6) is 1.22. The molecule has 3 aromatic heterocycles. The molecule has 3 N–H and O–H groups in total. The number of carbonyl (C=O) groups is 1. The van der Waals surface area contributed by atoms with E-state index in [0.717, 1.165) is 42.5 Å². The minimum absolute atomic E-state index is 0.109. The first-order valence-corrected chi connectivity index (χ1v) is 11.6. The van der Waals surface area contributed by atoms with E-state index in [2.05, 4.69) is 46.9 Å². The summed E-state index contributed by atoms with van der Waals surface area (Å²) < 4.78 is 2.08. The summed E-state index contributed by atoms with van der Waals surface area (Å²) in [7, 11) is 1.40. The van der Waals surface area contributed by atoms with Gasteiger partial charge in [0, 0.05) is 49.2 Å². The molecule has 0 unspecified atom stereocenters. The summed E-state index contributed by atoms with van der Waals surface area (Å²) in [6, 6.07) is 8.16. The van der Waals surface area contributed by atoms with E-state index in [1.807, 2.05) is 24.3 Å². The third kappa shape index (κ3) is 4.30. The molecule has 0 aromatic carbocycles. The van der Waals surface area contributed by atoms with Gasteiger partial charge < -0.3 is 16.0 Å². The van der Waals surface area contributed by atoms with Crippen LogP contribution in [0, 0.1) is 0 Å². The van der Waals surface area contributed by atoms with Crippen molar-refractivity contribution in [1.29, 1.82) is 0 Å². The Hall–Kier alpha value is -2.56. The highest BCUT2D eigenvalue weighted by molar-refractivity contribution is 8.67. The Morgan fingerprint density at radius 1 is 1.13 bits per heavy atom. The van der Waals surface area contributed by atoms with E-state index in [0.29, 0.717) is 23.2 Å². The van der Waals surface area contributed by atoms with E-state index >= 15 is 0 Å². The van der Waals surface area contributed by atoms with Gasteiger partial charge in [-0.3, -0.25) is 9.78 Å². The molecular formula is C20H21N7OS2. The molecule has 0 bridgehead atoms. The summed E-state index contributed by atoms with van der Waals surface area (Å²) in [5, 5.41) is 10.7. The highest BCUT2D eigenvalue weighted by Crippen LogP contribution is 2.29. The molecule has 0 atom stereocenters. The first kappa shape index (κ1) is 19.4.